The van der Waals surface area contributed by atoms with Gasteiger partial charge in [0.2, 0.25) is 0 Å². The van der Waals surface area contributed by atoms with E-state index in [0.717, 1.165) is 16.8 Å². The number of nitrogens with one attached hydrogen (secondary N) is 1. The number of methoxy groups -OCH3 is 1. The van der Waals surface area contributed by atoms with Gasteiger partial charge in [0, 0.05) is 33.4 Å². The summed E-state index contributed by atoms with van der Waals surface area (Å²) >= 11 is 0. The number of hydrogen-bond acceptors (Lipinski definition) is 5. The highest BCUT2D eigenvalue weighted by Gasteiger charge is 2.21. The van der Waals surface area contributed by atoms with Crippen molar-refractivity contribution in [3.05, 3.63) is 0 Å². The summed E-state index contributed by atoms with van der Waals surface area (Å²) in [4.78, 5) is 11.0. The van der Waals surface area contributed by atoms with Crippen molar-refractivity contribution >= 4 is 16.2 Å². The largest absolute Gasteiger partial charge is 0.469 e. The molecule has 0 aliphatic heterocycles. The Kier molecular flexibility index (Phi) is 7.42. The molecule has 1 rings (SSSR count). The van der Waals surface area contributed by atoms with Crippen LogP contribution in [0, 0.1) is 5.92 Å². The summed E-state index contributed by atoms with van der Waals surface area (Å²) in [6, 6.07) is 0. The Balaban J connectivity index is 2.10. The number of hydrogen-bond donors (Lipinski definition) is 1. The van der Waals surface area contributed by atoms with Gasteiger partial charge in [0.1, 0.15) is 0 Å². The first-order chi connectivity index (χ1) is 9.45. The number of ether oxygens (including phenoxy) is 2. The van der Waals surface area contributed by atoms with E-state index in [2.05, 4.69) is 9.46 Å². The molecule has 1 aliphatic rings. The van der Waals surface area contributed by atoms with E-state index in [9.17, 15) is 13.2 Å². The van der Waals surface area contributed by atoms with Crippen LogP contribution >= 0.6 is 0 Å². The molecule has 0 saturated heterocycles. The summed E-state index contributed by atoms with van der Waals surface area (Å²) in [6.45, 7) is 1.77. The lowest BCUT2D eigenvalue weighted by molar-refractivity contribution is -0.140. The van der Waals surface area contributed by atoms with Crippen molar-refractivity contribution in [3.8, 4) is 0 Å². The fraction of sp³-hybridized carbons (Fsp3) is 0.917. The van der Waals surface area contributed by atoms with Gasteiger partial charge in [0.15, 0.2) is 0 Å². The maximum atomic E-state index is 11.8. The number of carbonyl (C=O) groups excluding carboxylic acids is 1. The monoisotopic (exact) mass is 308 g/mol. The van der Waals surface area contributed by atoms with E-state index in [-0.39, 0.29) is 13.0 Å². The smallest absolute Gasteiger partial charge is 0.306 e. The fourth-order valence-electron chi connectivity index (χ4n) is 1.49. The molecule has 0 aromatic carbocycles. The molecule has 118 valence electrons. The first-order valence-electron chi connectivity index (χ1n) is 6.81. The highest BCUT2D eigenvalue weighted by atomic mass is 32.2. The van der Waals surface area contributed by atoms with Crippen molar-refractivity contribution in [2.75, 3.05) is 40.5 Å². The van der Waals surface area contributed by atoms with Gasteiger partial charge in [-0.25, -0.2) is 4.72 Å². The standard InChI is InChI=1S/C12H24N2O5S/c1-14(8-6-12(15)18-2)20(16,17)13-7-3-9-19-10-11-4-5-11/h11,13H,3-10H2,1-2H3. The van der Waals surface area contributed by atoms with E-state index in [4.69, 9.17) is 4.74 Å². The second-order valence-electron chi connectivity index (χ2n) is 4.92. The topological polar surface area (TPSA) is 84.9 Å². The molecule has 20 heavy (non-hydrogen) atoms. The highest BCUT2D eigenvalue weighted by molar-refractivity contribution is 7.87. The minimum Gasteiger partial charge on any atom is -0.469 e. The van der Waals surface area contributed by atoms with Gasteiger partial charge in [-0.1, -0.05) is 0 Å². The minimum absolute atomic E-state index is 0.0401. The summed E-state index contributed by atoms with van der Waals surface area (Å²) in [7, 11) is -0.835. The van der Waals surface area contributed by atoms with Gasteiger partial charge in [-0.05, 0) is 25.2 Å². The van der Waals surface area contributed by atoms with Crippen LogP contribution < -0.4 is 4.72 Å². The molecule has 0 heterocycles. The molecule has 1 saturated carbocycles. The van der Waals surface area contributed by atoms with E-state index in [0.29, 0.717) is 19.6 Å². The van der Waals surface area contributed by atoms with Crippen molar-refractivity contribution in [2.45, 2.75) is 25.7 Å². The average molecular weight is 308 g/mol. The Bertz CT molecular complexity index is 395. The summed E-state index contributed by atoms with van der Waals surface area (Å²) in [5.74, 6) is 0.289. The molecular weight excluding hydrogens is 284 g/mol. The first kappa shape index (κ1) is 17.4. The van der Waals surface area contributed by atoms with Crippen LogP contribution in [0.25, 0.3) is 0 Å². The normalized spacial score (nSPS) is 15.6. The molecule has 0 bridgehead atoms. The third-order valence-electron chi connectivity index (χ3n) is 3.07. The average Bonchev–Trinajstić information content (AvgIpc) is 3.23. The number of rotatable bonds is 11. The Hall–Kier alpha value is -0.700. The summed E-state index contributed by atoms with van der Waals surface area (Å²) < 4.78 is 37.1. The molecule has 1 aliphatic carbocycles. The Morgan fingerprint density at radius 2 is 2.10 bits per heavy atom. The van der Waals surface area contributed by atoms with Crippen LogP contribution in [0.2, 0.25) is 0 Å². The molecule has 1 fully saturated rings. The van der Waals surface area contributed by atoms with E-state index < -0.39 is 16.2 Å². The quantitative estimate of drug-likeness (QED) is 0.433. The van der Waals surface area contributed by atoms with Crippen LogP contribution in [0.1, 0.15) is 25.7 Å². The van der Waals surface area contributed by atoms with Gasteiger partial charge in [-0.3, -0.25) is 4.79 Å². The van der Waals surface area contributed by atoms with E-state index >= 15 is 0 Å². The Labute approximate surface area is 120 Å². The van der Waals surface area contributed by atoms with Crippen molar-refractivity contribution in [3.63, 3.8) is 0 Å². The molecule has 7 nitrogen and oxygen atoms in total. The van der Waals surface area contributed by atoms with E-state index in [1.54, 1.807) is 0 Å². The maximum Gasteiger partial charge on any atom is 0.306 e. The zero-order valence-corrected chi connectivity index (χ0v) is 12.9. The second kappa shape index (κ2) is 8.56. The van der Waals surface area contributed by atoms with Crippen LogP contribution in [-0.2, 0) is 24.5 Å². The van der Waals surface area contributed by atoms with Crippen LogP contribution in [0.15, 0.2) is 0 Å². The number of nitrogens with zero attached hydrogens (tertiary/aromatic N) is 1. The molecule has 0 unspecified atom stereocenters. The molecule has 0 aromatic heterocycles. The van der Waals surface area contributed by atoms with Crippen molar-refractivity contribution in [1.29, 1.82) is 0 Å². The van der Waals surface area contributed by atoms with Crippen LogP contribution in [0.4, 0.5) is 0 Å². The third kappa shape index (κ3) is 7.18. The number of esters is 1. The lowest BCUT2D eigenvalue weighted by Crippen LogP contribution is -2.39. The predicted octanol–water partition coefficient (Wildman–Crippen LogP) is 0.132. The minimum atomic E-state index is -3.54. The zero-order chi connectivity index (χ0) is 15.0. The van der Waals surface area contributed by atoms with Gasteiger partial charge >= 0.3 is 5.97 Å². The molecule has 0 amide bonds. The van der Waals surface area contributed by atoms with Gasteiger partial charge in [-0.15, -0.1) is 0 Å². The second-order valence-corrected chi connectivity index (χ2v) is 6.78. The fourth-order valence-corrected chi connectivity index (χ4v) is 2.45. The van der Waals surface area contributed by atoms with Gasteiger partial charge in [0.25, 0.3) is 10.2 Å². The highest BCUT2D eigenvalue weighted by Crippen LogP contribution is 2.28. The predicted molar refractivity (Wildman–Crippen MR) is 74.3 cm³/mol. The molecule has 0 atom stereocenters. The first-order valence-corrected chi connectivity index (χ1v) is 8.25. The van der Waals surface area contributed by atoms with E-state index in [1.807, 2.05) is 0 Å². The summed E-state index contributed by atoms with van der Waals surface area (Å²) in [6.07, 6.45) is 3.17. The Morgan fingerprint density at radius 3 is 2.70 bits per heavy atom. The molecule has 0 spiro atoms. The summed E-state index contributed by atoms with van der Waals surface area (Å²) in [5, 5.41) is 0. The van der Waals surface area contributed by atoms with Crippen LogP contribution in [0.3, 0.4) is 0 Å². The van der Waals surface area contributed by atoms with Gasteiger partial charge in [0.05, 0.1) is 13.5 Å². The van der Waals surface area contributed by atoms with Crippen LogP contribution in [-0.4, -0.2) is 59.2 Å². The lowest BCUT2D eigenvalue weighted by Gasteiger charge is -2.17. The molecule has 0 radical (unpaired) electrons. The van der Waals surface area contributed by atoms with Crippen LogP contribution in [0.5, 0.6) is 0 Å². The molecule has 8 heteroatoms. The van der Waals surface area contributed by atoms with Crippen molar-refractivity contribution in [2.24, 2.45) is 5.92 Å². The SMILES string of the molecule is COC(=O)CCN(C)S(=O)(=O)NCCCOCC1CC1. The van der Waals surface area contributed by atoms with Gasteiger partial charge in [-0.2, -0.15) is 12.7 Å². The molecular formula is C12H24N2O5S. The van der Waals surface area contributed by atoms with E-state index in [1.165, 1.54) is 27.0 Å². The third-order valence-corrected chi connectivity index (χ3v) is 4.64. The molecule has 1 N–H and O–H groups in total. The lowest BCUT2D eigenvalue weighted by atomic mass is 10.4. The van der Waals surface area contributed by atoms with Gasteiger partial charge < -0.3 is 9.47 Å². The zero-order valence-electron chi connectivity index (χ0n) is 12.1. The summed E-state index contributed by atoms with van der Waals surface area (Å²) in [5.41, 5.74) is 0. The maximum absolute atomic E-state index is 11.8. The Morgan fingerprint density at radius 1 is 1.40 bits per heavy atom. The van der Waals surface area contributed by atoms with Crippen molar-refractivity contribution in [1.82, 2.24) is 9.03 Å². The molecule has 0 aromatic rings. The number of carbonyl (C=O) groups is 1. The van der Waals surface area contributed by atoms with Crippen molar-refractivity contribution < 1.29 is 22.7 Å².